The number of para-hydroxylation sites is 1. The summed E-state index contributed by atoms with van der Waals surface area (Å²) in [7, 11) is 0. The second kappa shape index (κ2) is 8.87. The lowest BCUT2D eigenvalue weighted by molar-refractivity contribution is -0.384. The minimum Gasteiger partial charge on any atom is -0.367 e. The fourth-order valence-corrected chi connectivity index (χ4v) is 4.72. The highest BCUT2D eigenvalue weighted by Crippen LogP contribution is 2.39. The molecule has 2 aromatic carbocycles. The van der Waals surface area contributed by atoms with E-state index in [1.165, 1.54) is 6.07 Å². The second-order valence-electron chi connectivity index (χ2n) is 8.86. The Balaban J connectivity index is 1.68. The van der Waals surface area contributed by atoms with Gasteiger partial charge in [-0.3, -0.25) is 14.9 Å². The third-order valence-corrected chi connectivity index (χ3v) is 6.29. The highest BCUT2D eigenvalue weighted by molar-refractivity contribution is 5.82. The summed E-state index contributed by atoms with van der Waals surface area (Å²) in [5.74, 6) is -0.0287. The van der Waals surface area contributed by atoms with Crippen LogP contribution in [0.5, 0.6) is 0 Å². The summed E-state index contributed by atoms with van der Waals surface area (Å²) in [4.78, 5) is 28.5. The Morgan fingerprint density at radius 2 is 2.03 bits per heavy atom. The van der Waals surface area contributed by atoms with Crippen LogP contribution < -0.4 is 15.1 Å². The van der Waals surface area contributed by atoms with E-state index < -0.39 is 4.92 Å². The predicted molar refractivity (Wildman–Crippen MR) is 123 cm³/mol. The fourth-order valence-electron chi connectivity index (χ4n) is 4.72. The second-order valence-corrected chi connectivity index (χ2v) is 8.86. The number of nitro benzene ring substituents is 1. The molecule has 0 bridgehead atoms. The van der Waals surface area contributed by atoms with Gasteiger partial charge in [0.15, 0.2) is 0 Å². The predicted octanol–water partition coefficient (Wildman–Crippen LogP) is 3.11. The Labute approximate surface area is 187 Å². The number of nitrogens with zero attached hydrogens (tertiary/aromatic N) is 4. The number of non-ortho nitro benzene ring substituents is 1. The molecule has 1 fully saturated rings. The van der Waals surface area contributed by atoms with Crippen molar-refractivity contribution in [1.29, 1.82) is 5.26 Å². The van der Waals surface area contributed by atoms with Crippen molar-refractivity contribution in [2.75, 3.05) is 36.0 Å². The molecule has 8 nitrogen and oxygen atoms in total. The third-order valence-electron chi connectivity index (χ3n) is 6.29. The first-order chi connectivity index (χ1) is 15.4. The lowest BCUT2D eigenvalue weighted by Gasteiger charge is -2.49. The summed E-state index contributed by atoms with van der Waals surface area (Å²) in [5.41, 5.74) is 3.34. The molecule has 2 aromatic rings. The highest BCUT2D eigenvalue weighted by atomic mass is 16.6. The van der Waals surface area contributed by atoms with Gasteiger partial charge in [-0.25, -0.2) is 0 Å². The summed E-state index contributed by atoms with van der Waals surface area (Å²) in [6.07, 6.45) is 0.454. The van der Waals surface area contributed by atoms with Crippen molar-refractivity contribution in [3.05, 3.63) is 63.7 Å². The number of carbonyl (C=O) groups is 1. The van der Waals surface area contributed by atoms with E-state index >= 15 is 0 Å². The third kappa shape index (κ3) is 4.11. The number of nitrogens with one attached hydrogen (secondary N) is 1. The number of fused-ring (bicyclic) bond motifs is 3. The van der Waals surface area contributed by atoms with Crippen molar-refractivity contribution in [2.24, 2.45) is 11.8 Å². The maximum Gasteiger partial charge on any atom is 0.269 e. The largest absolute Gasteiger partial charge is 0.367 e. The zero-order valence-corrected chi connectivity index (χ0v) is 18.3. The molecule has 32 heavy (non-hydrogen) atoms. The number of rotatable bonds is 5. The number of piperazine rings is 1. The normalized spacial score (nSPS) is 19.7. The van der Waals surface area contributed by atoms with E-state index in [-0.39, 0.29) is 23.6 Å². The van der Waals surface area contributed by atoms with Crippen molar-refractivity contribution < 1.29 is 9.72 Å². The number of anilines is 2. The van der Waals surface area contributed by atoms with Crippen molar-refractivity contribution in [3.63, 3.8) is 0 Å². The van der Waals surface area contributed by atoms with Gasteiger partial charge in [0.05, 0.1) is 28.1 Å². The van der Waals surface area contributed by atoms with Gasteiger partial charge < -0.3 is 15.1 Å². The van der Waals surface area contributed by atoms with E-state index in [4.69, 9.17) is 0 Å². The quantitative estimate of drug-likeness (QED) is 0.574. The molecule has 4 rings (SSSR count). The van der Waals surface area contributed by atoms with Crippen LogP contribution in [0.1, 0.15) is 25.0 Å². The van der Waals surface area contributed by atoms with Gasteiger partial charge in [-0.15, -0.1) is 0 Å². The van der Waals surface area contributed by atoms with E-state index in [0.29, 0.717) is 44.1 Å². The average molecular weight is 434 g/mol. The topological polar surface area (TPSA) is 103 Å². The molecule has 8 heteroatoms. The van der Waals surface area contributed by atoms with Gasteiger partial charge in [-0.05, 0) is 36.1 Å². The Morgan fingerprint density at radius 3 is 2.75 bits per heavy atom. The van der Waals surface area contributed by atoms with E-state index in [2.05, 4.69) is 21.2 Å². The summed E-state index contributed by atoms with van der Waals surface area (Å²) < 4.78 is 0. The molecule has 0 spiro atoms. The average Bonchev–Trinajstić information content (AvgIpc) is 2.81. The van der Waals surface area contributed by atoms with E-state index in [1.807, 2.05) is 44.2 Å². The van der Waals surface area contributed by atoms with Gasteiger partial charge in [0.25, 0.3) is 5.69 Å². The van der Waals surface area contributed by atoms with Gasteiger partial charge in [0, 0.05) is 44.0 Å². The molecule has 0 unspecified atom stereocenters. The van der Waals surface area contributed by atoms with Crippen LogP contribution in [0.15, 0.2) is 42.5 Å². The van der Waals surface area contributed by atoms with Crippen LogP contribution >= 0.6 is 0 Å². The van der Waals surface area contributed by atoms with Gasteiger partial charge in [0.1, 0.15) is 6.07 Å². The van der Waals surface area contributed by atoms with Crippen LogP contribution in [0.2, 0.25) is 0 Å². The molecule has 166 valence electrons. The van der Waals surface area contributed by atoms with E-state index in [1.54, 1.807) is 6.07 Å². The van der Waals surface area contributed by atoms with Crippen molar-refractivity contribution >= 4 is 23.0 Å². The number of nitro groups is 1. The molecule has 0 aromatic heterocycles. The Morgan fingerprint density at radius 1 is 1.25 bits per heavy atom. The number of carbonyl (C=O) groups excluding carboxylic acids is 1. The molecule has 2 atom stereocenters. The van der Waals surface area contributed by atoms with Crippen LogP contribution in [0.4, 0.5) is 17.1 Å². The maximum atomic E-state index is 13.2. The highest BCUT2D eigenvalue weighted by Gasteiger charge is 2.42. The van der Waals surface area contributed by atoms with E-state index in [9.17, 15) is 20.2 Å². The molecule has 1 saturated heterocycles. The Bertz CT molecular complexity index is 1080. The van der Waals surface area contributed by atoms with Gasteiger partial charge in [-0.1, -0.05) is 26.0 Å². The van der Waals surface area contributed by atoms with Crippen LogP contribution in [0.25, 0.3) is 0 Å². The summed E-state index contributed by atoms with van der Waals surface area (Å²) in [6, 6.07) is 14.7. The van der Waals surface area contributed by atoms with Crippen LogP contribution in [-0.2, 0) is 11.2 Å². The first-order valence-electron chi connectivity index (χ1n) is 10.9. The summed E-state index contributed by atoms with van der Waals surface area (Å²) in [6.45, 7) is 6.66. The molecule has 2 aliphatic rings. The molecular weight excluding hydrogens is 406 g/mol. The molecule has 2 aliphatic heterocycles. The SMILES string of the molecule is CC(C)CNC(=O)[C@H]1Cc2cc([N+](=O)[O-])ccc2N2CCN(c3ccccc3C#N)C[C@@H]12. The smallest absolute Gasteiger partial charge is 0.269 e. The van der Waals surface area contributed by atoms with Gasteiger partial charge >= 0.3 is 0 Å². The molecule has 0 radical (unpaired) electrons. The zero-order chi connectivity index (χ0) is 22.8. The summed E-state index contributed by atoms with van der Waals surface area (Å²) >= 11 is 0. The van der Waals surface area contributed by atoms with Crippen molar-refractivity contribution in [2.45, 2.75) is 26.3 Å². The first-order valence-corrected chi connectivity index (χ1v) is 10.9. The molecule has 0 aliphatic carbocycles. The molecule has 2 heterocycles. The number of hydrogen-bond acceptors (Lipinski definition) is 6. The summed E-state index contributed by atoms with van der Waals surface area (Å²) in [5, 5.41) is 23.9. The maximum absolute atomic E-state index is 13.2. The lowest BCUT2D eigenvalue weighted by Crippen LogP contribution is -2.61. The zero-order valence-electron chi connectivity index (χ0n) is 18.3. The molecule has 1 N–H and O–H groups in total. The van der Waals surface area contributed by atoms with Crippen molar-refractivity contribution in [3.8, 4) is 6.07 Å². The minimum atomic E-state index is -0.392. The van der Waals surface area contributed by atoms with Crippen molar-refractivity contribution in [1.82, 2.24) is 5.32 Å². The Hall–Kier alpha value is -3.60. The molecule has 1 amide bonds. The molecule has 0 saturated carbocycles. The number of hydrogen-bond donors (Lipinski definition) is 1. The first kappa shape index (κ1) is 21.6. The van der Waals surface area contributed by atoms with Gasteiger partial charge in [-0.2, -0.15) is 5.26 Å². The van der Waals surface area contributed by atoms with Crippen LogP contribution in [-0.4, -0.2) is 43.1 Å². The fraction of sp³-hybridized carbons (Fsp3) is 0.417. The van der Waals surface area contributed by atoms with Crippen LogP contribution in [0, 0.1) is 33.3 Å². The number of nitriles is 1. The Kier molecular flexibility index (Phi) is 5.99. The van der Waals surface area contributed by atoms with Gasteiger partial charge in [0.2, 0.25) is 5.91 Å². The van der Waals surface area contributed by atoms with E-state index in [0.717, 1.165) is 16.9 Å². The number of benzene rings is 2. The standard InChI is InChI=1S/C24H27N5O3/c1-16(2)14-26-24(30)20-12-18-11-19(29(31)32)7-8-22(18)28-10-9-27(15-23(20)28)21-6-4-3-5-17(21)13-25/h3-8,11,16,20,23H,9-10,12,14-15H2,1-2H3,(H,26,30)/t20-,23-/m0/s1. The monoisotopic (exact) mass is 433 g/mol. The number of amides is 1. The minimum absolute atomic E-state index is 0.0266. The van der Waals surface area contributed by atoms with Crippen LogP contribution in [0.3, 0.4) is 0 Å². The molecular formula is C24H27N5O3. The lowest BCUT2D eigenvalue weighted by atomic mass is 9.83.